The number of aromatic amines is 1. The number of ether oxygens (including phenoxy) is 1. The van der Waals surface area contributed by atoms with Crippen LogP contribution in [-0.4, -0.2) is 33.0 Å². The molecule has 21 heavy (non-hydrogen) atoms. The molecule has 0 fully saturated rings. The third-order valence-electron chi connectivity index (χ3n) is 3.52. The van der Waals surface area contributed by atoms with Gasteiger partial charge in [-0.25, -0.2) is 0 Å². The molecular formula is C14H20N4O2S. The van der Waals surface area contributed by atoms with Crippen LogP contribution >= 0.6 is 12.2 Å². The lowest BCUT2D eigenvalue weighted by Crippen LogP contribution is -2.25. The number of rotatable bonds is 5. The second-order valence-corrected chi connectivity index (χ2v) is 5.28. The standard InChI is InChI=1S/C14H20N4O2S/c1-5-17-10(3)8-9(2)11(13(17)19)12-15-16-14(21)18(12)6-7-20-4/h8H,5-7H2,1-4H3,(H,16,21). The van der Waals surface area contributed by atoms with E-state index in [0.717, 1.165) is 11.3 Å². The van der Waals surface area contributed by atoms with Crippen molar-refractivity contribution < 1.29 is 4.74 Å². The zero-order valence-corrected chi connectivity index (χ0v) is 13.6. The van der Waals surface area contributed by atoms with E-state index in [1.54, 1.807) is 16.2 Å². The monoisotopic (exact) mass is 308 g/mol. The number of H-pyrrole nitrogens is 1. The quantitative estimate of drug-likeness (QED) is 0.859. The Bertz CT molecular complexity index is 757. The summed E-state index contributed by atoms with van der Waals surface area (Å²) < 4.78 is 9.12. The van der Waals surface area contributed by atoms with Crippen LogP contribution < -0.4 is 5.56 Å². The van der Waals surface area contributed by atoms with Gasteiger partial charge in [-0.15, -0.1) is 0 Å². The molecule has 0 aliphatic rings. The van der Waals surface area contributed by atoms with Gasteiger partial charge in [-0.3, -0.25) is 14.5 Å². The molecule has 0 unspecified atom stereocenters. The van der Waals surface area contributed by atoms with Crippen LogP contribution in [0.3, 0.4) is 0 Å². The molecule has 0 saturated heterocycles. The van der Waals surface area contributed by atoms with Crippen LogP contribution in [0, 0.1) is 18.6 Å². The van der Waals surface area contributed by atoms with Gasteiger partial charge in [0.15, 0.2) is 10.6 Å². The van der Waals surface area contributed by atoms with Crippen molar-refractivity contribution in [3.8, 4) is 11.4 Å². The molecule has 0 radical (unpaired) electrons. The zero-order valence-electron chi connectivity index (χ0n) is 12.8. The van der Waals surface area contributed by atoms with Gasteiger partial charge in [0.1, 0.15) is 0 Å². The highest BCUT2D eigenvalue weighted by Crippen LogP contribution is 2.19. The van der Waals surface area contributed by atoms with E-state index < -0.39 is 0 Å². The van der Waals surface area contributed by atoms with Crippen LogP contribution in [0.5, 0.6) is 0 Å². The van der Waals surface area contributed by atoms with Crippen molar-refractivity contribution >= 4 is 12.2 Å². The van der Waals surface area contributed by atoms with Crippen molar-refractivity contribution in [3.63, 3.8) is 0 Å². The minimum Gasteiger partial charge on any atom is -0.383 e. The molecule has 0 aromatic carbocycles. The minimum atomic E-state index is -0.0392. The van der Waals surface area contributed by atoms with Gasteiger partial charge in [0.25, 0.3) is 5.56 Å². The Kier molecular flexibility index (Phi) is 4.74. The number of hydrogen-bond donors (Lipinski definition) is 1. The highest BCUT2D eigenvalue weighted by molar-refractivity contribution is 7.71. The molecule has 0 amide bonds. The van der Waals surface area contributed by atoms with Crippen LogP contribution in [0.1, 0.15) is 18.2 Å². The fraction of sp³-hybridized carbons (Fsp3) is 0.500. The maximum atomic E-state index is 12.7. The van der Waals surface area contributed by atoms with E-state index in [-0.39, 0.29) is 5.56 Å². The number of hydrogen-bond acceptors (Lipinski definition) is 4. The first kappa shape index (κ1) is 15.7. The van der Waals surface area contributed by atoms with Gasteiger partial charge in [-0.05, 0) is 44.6 Å². The summed E-state index contributed by atoms with van der Waals surface area (Å²) in [5, 5.41) is 7.01. The lowest BCUT2D eigenvalue weighted by Gasteiger charge is -2.13. The van der Waals surface area contributed by atoms with Crippen molar-refractivity contribution in [2.75, 3.05) is 13.7 Å². The Balaban J connectivity index is 2.68. The molecule has 0 bridgehead atoms. The predicted molar refractivity (Wildman–Crippen MR) is 84.1 cm³/mol. The number of nitrogens with zero attached hydrogens (tertiary/aromatic N) is 3. The third-order valence-corrected chi connectivity index (χ3v) is 3.83. The zero-order chi connectivity index (χ0) is 15.6. The van der Waals surface area contributed by atoms with Crippen molar-refractivity contribution in [1.82, 2.24) is 19.3 Å². The van der Waals surface area contributed by atoms with E-state index in [9.17, 15) is 4.79 Å². The first-order valence-corrected chi connectivity index (χ1v) is 7.27. The summed E-state index contributed by atoms with van der Waals surface area (Å²) in [6.07, 6.45) is 0. The van der Waals surface area contributed by atoms with Crippen molar-refractivity contribution in [3.05, 3.63) is 32.4 Å². The SMILES string of the molecule is CCn1c(C)cc(C)c(-c2n[nH]c(=S)n2CCOC)c1=O. The van der Waals surface area contributed by atoms with E-state index in [0.29, 0.717) is 35.9 Å². The molecule has 6 nitrogen and oxygen atoms in total. The second-order valence-electron chi connectivity index (χ2n) is 4.89. The fourth-order valence-electron chi connectivity index (χ4n) is 2.49. The van der Waals surface area contributed by atoms with E-state index in [1.807, 2.05) is 26.8 Å². The highest BCUT2D eigenvalue weighted by atomic mass is 32.1. The van der Waals surface area contributed by atoms with Crippen LogP contribution in [0.15, 0.2) is 10.9 Å². The van der Waals surface area contributed by atoms with Crippen molar-refractivity contribution in [1.29, 1.82) is 0 Å². The van der Waals surface area contributed by atoms with Gasteiger partial charge >= 0.3 is 0 Å². The number of pyridine rings is 1. The first-order chi connectivity index (χ1) is 10.0. The molecule has 0 saturated carbocycles. The molecule has 0 spiro atoms. The predicted octanol–water partition coefficient (Wildman–Crippen LogP) is 2.05. The van der Waals surface area contributed by atoms with Crippen molar-refractivity contribution in [2.24, 2.45) is 0 Å². The Hall–Kier alpha value is -1.73. The first-order valence-electron chi connectivity index (χ1n) is 6.86. The summed E-state index contributed by atoms with van der Waals surface area (Å²) in [4.78, 5) is 12.7. The van der Waals surface area contributed by atoms with Crippen molar-refractivity contribution in [2.45, 2.75) is 33.9 Å². The molecule has 2 heterocycles. The van der Waals surface area contributed by atoms with Crippen LogP contribution in [-0.2, 0) is 17.8 Å². The summed E-state index contributed by atoms with van der Waals surface area (Å²) in [5.41, 5.74) is 2.39. The molecule has 2 aromatic rings. The number of methoxy groups -OCH3 is 1. The molecule has 0 aliphatic heterocycles. The Morgan fingerprint density at radius 3 is 2.71 bits per heavy atom. The van der Waals surface area contributed by atoms with E-state index in [2.05, 4.69) is 10.2 Å². The summed E-state index contributed by atoms with van der Waals surface area (Å²) in [6, 6.07) is 2.00. The smallest absolute Gasteiger partial charge is 0.262 e. The summed E-state index contributed by atoms with van der Waals surface area (Å²) in [7, 11) is 1.63. The molecule has 0 aliphatic carbocycles. The van der Waals surface area contributed by atoms with Gasteiger partial charge < -0.3 is 9.30 Å². The highest BCUT2D eigenvalue weighted by Gasteiger charge is 2.17. The molecule has 114 valence electrons. The molecular weight excluding hydrogens is 288 g/mol. The summed E-state index contributed by atoms with van der Waals surface area (Å²) >= 11 is 5.24. The molecule has 2 rings (SSSR count). The van der Waals surface area contributed by atoms with Crippen LogP contribution in [0.25, 0.3) is 11.4 Å². The second kappa shape index (κ2) is 6.36. The van der Waals surface area contributed by atoms with Gasteiger partial charge in [-0.2, -0.15) is 5.10 Å². The van der Waals surface area contributed by atoms with Gasteiger partial charge in [0.2, 0.25) is 0 Å². The number of aromatic nitrogens is 4. The molecule has 0 atom stereocenters. The Morgan fingerprint density at radius 2 is 2.10 bits per heavy atom. The average molecular weight is 308 g/mol. The minimum absolute atomic E-state index is 0.0392. The topological polar surface area (TPSA) is 64.8 Å². The van der Waals surface area contributed by atoms with Crippen LogP contribution in [0.4, 0.5) is 0 Å². The maximum Gasteiger partial charge on any atom is 0.262 e. The summed E-state index contributed by atoms with van der Waals surface area (Å²) in [6.45, 7) is 7.50. The lowest BCUT2D eigenvalue weighted by atomic mass is 10.1. The molecule has 2 aromatic heterocycles. The normalized spacial score (nSPS) is 11.0. The average Bonchev–Trinajstić information content (AvgIpc) is 2.78. The van der Waals surface area contributed by atoms with Gasteiger partial charge in [0, 0.05) is 19.3 Å². The number of nitrogens with one attached hydrogen (secondary N) is 1. The Labute approximate surface area is 128 Å². The number of aryl methyl sites for hydroxylation is 2. The van der Waals surface area contributed by atoms with E-state index in [4.69, 9.17) is 17.0 Å². The van der Waals surface area contributed by atoms with E-state index in [1.165, 1.54) is 0 Å². The Morgan fingerprint density at radius 1 is 1.38 bits per heavy atom. The lowest BCUT2D eigenvalue weighted by molar-refractivity contribution is 0.187. The van der Waals surface area contributed by atoms with E-state index >= 15 is 0 Å². The molecule has 1 N–H and O–H groups in total. The van der Waals surface area contributed by atoms with Gasteiger partial charge in [0.05, 0.1) is 18.7 Å². The maximum absolute atomic E-state index is 12.7. The fourth-order valence-corrected chi connectivity index (χ4v) is 2.71. The van der Waals surface area contributed by atoms with Crippen LogP contribution in [0.2, 0.25) is 0 Å². The largest absolute Gasteiger partial charge is 0.383 e. The molecule has 7 heteroatoms. The third kappa shape index (κ3) is 2.84. The van der Waals surface area contributed by atoms with Gasteiger partial charge in [-0.1, -0.05) is 0 Å². The summed E-state index contributed by atoms with van der Waals surface area (Å²) in [5.74, 6) is 0.571.